The third kappa shape index (κ3) is 2.46. The zero-order valence-corrected chi connectivity index (χ0v) is 15.4. The van der Waals surface area contributed by atoms with E-state index < -0.39 is 5.41 Å². The maximum Gasteiger partial charge on any atom is 0.247 e. The standard InChI is InChI=1S/C21H18N4O3/c1-13-7-9-22-16(10-13)19-23-17(28-24-19)12-25-18(26)11-21(20(25)27)8-6-14-4-2-3-5-15(14)21/h2-5,7,9-10H,6,8,11-12H2,1H3. The molecule has 0 saturated carbocycles. The molecule has 7 nitrogen and oxygen atoms in total. The van der Waals surface area contributed by atoms with Crippen molar-refractivity contribution in [2.24, 2.45) is 0 Å². The molecule has 0 radical (unpaired) electrons. The van der Waals surface area contributed by atoms with Crippen LogP contribution in [0, 0.1) is 6.92 Å². The third-order valence-electron chi connectivity index (χ3n) is 5.67. The smallest absolute Gasteiger partial charge is 0.247 e. The van der Waals surface area contributed by atoms with Crippen LogP contribution < -0.4 is 0 Å². The number of aryl methyl sites for hydroxylation is 2. The fraction of sp³-hybridized carbons (Fsp3) is 0.286. The third-order valence-corrected chi connectivity index (χ3v) is 5.67. The molecule has 1 aliphatic carbocycles. The van der Waals surface area contributed by atoms with Gasteiger partial charge in [-0.05, 0) is 48.6 Å². The predicted molar refractivity (Wildman–Crippen MR) is 98.9 cm³/mol. The molecule has 1 saturated heterocycles. The number of aromatic nitrogens is 3. The van der Waals surface area contributed by atoms with Crippen LogP contribution in [0.3, 0.4) is 0 Å². The van der Waals surface area contributed by atoms with Crippen molar-refractivity contribution in [1.29, 1.82) is 0 Å². The highest BCUT2D eigenvalue weighted by Crippen LogP contribution is 2.47. The van der Waals surface area contributed by atoms with Crippen molar-refractivity contribution in [3.8, 4) is 11.5 Å². The molecule has 28 heavy (non-hydrogen) atoms. The lowest BCUT2D eigenvalue weighted by Gasteiger charge is -2.22. The second kappa shape index (κ2) is 6.09. The summed E-state index contributed by atoms with van der Waals surface area (Å²) in [7, 11) is 0. The van der Waals surface area contributed by atoms with Crippen molar-refractivity contribution in [3.63, 3.8) is 0 Å². The molecule has 5 rings (SSSR count). The molecule has 2 aromatic heterocycles. The van der Waals surface area contributed by atoms with Gasteiger partial charge in [-0.3, -0.25) is 19.5 Å². The van der Waals surface area contributed by atoms with Crippen LogP contribution in [-0.2, 0) is 28.0 Å². The van der Waals surface area contributed by atoms with Gasteiger partial charge in [-0.1, -0.05) is 29.4 Å². The Morgan fingerprint density at radius 3 is 2.93 bits per heavy atom. The molecule has 140 valence electrons. The summed E-state index contributed by atoms with van der Waals surface area (Å²) in [5, 5.41) is 3.95. The number of likely N-dealkylation sites (tertiary alicyclic amines) is 1. The van der Waals surface area contributed by atoms with Crippen LogP contribution in [0.15, 0.2) is 47.1 Å². The second-order valence-corrected chi connectivity index (χ2v) is 7.43. The summed E-state index contributed by atoms with van der Waals surface area (Å²) in [4.78, 5) is 35.7. The van der Waals surface area contributed by atoms with Crippen LogP contribution in [-0.4, -0.2) is 31.8 Å². The summed E-state index contributed by atoms with van der Waals surface area (Å²) in [6.07, 6.45) is 3.35. The molecule has 1 fully saturated rings. The molecule has 1 aliphatic heterocycles. The molecular weight excluding hydrogens is 356 g/mol. The van der Waals surface area contributed by atoms with Crippen molar-refractivity contribution in [3.05, 3.63) is 65.2 Å². The first-order valence-corrected chi connectivity index (χ1v) is 9.26. The number of benzene rings is 1. The quantitative estimate of drug-likeness (QED) is 0.655. The number of hydrogen-bond acceptors (Lipinski definition) is 6. The molecule has 3 heterocycles. The molecule has 2 aliphatic rings. The summed E-state index contributed by atoms with van der Waals surface area (Å²) in [6, 6.07) is 11.6. The highest BCUT2D eigenvalue weighted by atomic mass is 16.5. The average molecular weight is 374 g/mol. The Balaban J connectivity index is 1.41. The highest BCUT2D eigenvalue weighted by Gasteiger charge is 2.55. The average Bonchev–Trinajstić information content (AvgIpc) is 3.37. The van der Waals surface area contributed by atoms with E-state index in [9.17, 15) is 9.59 Å². The van der Waals surface area contributed by atoms with Crippen LogP contribution in [0.1, 0.15) is 35.4 Å². The van der Waals surface area contributed by atoms with Crippen LogP contribution >= 0.6 is 0 Å². The number of pyridine rings is 1. The Labute approximate surface area is 161 Å². The van der Waals surface area contributed by atoms with Gasteiger partial charge in [-0.15, -0.1) is 0 Å². The van der Waals surface area contributed by atoms with Gasteiger partial charge in [0.15, 0.2) is 0 Å². The predicted octanol–water partition coefficient (Wildman–Crippen LogP) is 2.58. The van der Waals surface area contributed by atoms with Crippen LogP contribution in [0.25, 0.3) is 11.5 Å². The highest BCUT2D eigenvalue weighted by molar-refractivity contribution is 6.09. The number of imide groups is 1. The van der Waals surface area contributed by atoms with E-state index in [4.69, 9.17) is 4.52 Å². The van der Waals surface area contributed by atoms with Gasteiger partial charge in [0.1, 0.15) is 12.2 Å². The van der Waals surface area contributed by atoms with Crippen molar-refractivity contribution >= 4 is 11.8 Å². The Bertz CT molecular complexity index is 1110. The largest absolute Gasteiger partial charge is 0.337 e. The van der Waals surface area contributed by atoms with Crippen molar-refractivity contribution < 1.29 is 14.1 Å². The number of amides is 2. The minimum atomic E-state index is -0.741. The number of nitrogens with zero attached hydrogens (tertiary/aromatic N) is 4. The lowest BCUT2D eigenvalue weighted by molar-refractivity contribution is -0.141. The zero-order chi connectivity index (χ0) is 19.3. The zero-order valence-electron chi connectivity index (χ0n) is 15.4. The molecule has 2 amide bonds. The van der Waals surface area contributed by atoms with Crippen molar-refractivity contribution in [1.82, 2.24) is 20.0 Å². The van der Waals surface area contributed by atoms with Crippen molar-refractivity contribution in [2.75, 3.05) is 0 Å². The summed E-state index contributed by atoms with van der Waals surface area (Å²) >= 11 is 0. The molecule has 0 N–H and O–H groups in total. The first-order valence-electron chi connectivity index (χ1n) is 9.26. The number of rotatable bonds is 3. The van der Waals surface area contributed by atoms with E-state index in [0.717, 1.165) is 23.1 Å². The number of fused-ring (bicyclic) bond motifs is 2. The minimum absolute atomic E-state index is 0.0135. The van der Waals surface area contributed by atoms with Gasteiger partial charge >= 0.3 is 0 Å². The van der Waals surface area contributed by atoms with Gasteiger partial charge in [0.25, 0.3) is 0 Å². The van der Waals surface area contributed by atoms with Gasteiger partial charge in [0.05, 0.1) is 5.41 Å². The summed E-state index contributed by atoms with van der Waals surface area (Å²) in [5.74, 6) is 0.202. The second-order valence-electron chi connectivity index (χ2n) is 7.43. The van der Waals surface area contributed by atoms with E-state index in [1.807, 2.05) is 43.3 Å². The van der Waals surface area contributed by atoms with E-state index in [1.54, 1.807) is 6.20 Å². The Morgan fingerprint density at radius 2 is 2.07 bits per heavy atom. The van der Waals surface area contributed by atoms with Crippen molar-refractivity contribution in [2.45, 2.75) is 38.1 Å². The fourth-order valence-electron chi connectivity index (χ4n) is 4.27. The van der Waals surface area contributed by atoms with Crippen LogP contribution in [0.2, 0.25) is 0 Å². The maximum atomic E-state index is 13.2. The van der Waals surface area contributed by atoms with E-state index in [2.05, 4.69) is 15.1 Å². The van der Waals surface area contributed by atoms with Gasteiger partial charge in [-0.2, -0.15) is 4.98 Å². The topological polar surface area (TPSA) is 89.2 Å². The SMILES string of the molecule is Cc1ccnc(-c2noc(CN3C(=O)CC4(CCc5ccccc54)C3=O)n2)c1. The van der Waals surface area contributed by atoms with Gasteiger partial charge in [0, 0.05) is 12.6 Å². The summed E-state index contributed by atoms with van der Waals surface area (Å²) < 4.78 is 5.29. The monoisotopic (exact) mass is 374 g/mol. The van der Waals surface area contributed by atoms with Gasteiger partial charge in [-0.25, -0.2) is 0 Å². The first-order chi connectivity index (χ1) is 13.6. The van der Waals surface area contributed by atoms with Gasteiger partial charge in [0.2, 0.25) is 23.5 Å². The molecular formula is C21H18N4O3. The molecule has 1 atom stereocenters. The lowest BCUT2D eigenvalue weighted by Crippen LogP contribution is -2.36. The van der Waals surface area contributed by atoms with Crippen LogP contribution in [0.4, 0.5) is 0 Å². The maximum absolute atomic E-state index is 13.2. The fourth-order valence-corrected chi connectivity index (χ4v) is 4.27. The molecule has 3 aromatic rings. The van der Waals surface area contributed by atoms with Gasteiger partial charge < -0.3 is 4.52 Å². The van der Waals surface area contributed by atoms with E-state index in [1.165, 1.54) is 4.90 Å². The Morgan fingerprint density at radius 1 is 1.21 bits per heavy atom. The molecule has 1 aromatic carbocycles. The Hall–Kier alpha value is -3.35. The molecule has 1 unspecified atom stereocenters. The first kappa shape index (κ1) is 16.8. The molecule has 1 spiro atoms. The molecule has 0 bridgehead atoms. The number of carbonyl (C=O) groups is 2. The van der Waals surface area contributed by atoms with E-state index >= 15 is 0 Å². The van der Waals surface area contributed by atoms with E-state index in [-0.39, 0.29) is 30.7 Å². The minimum Gasteiger partial charge on any atom is -0.337 e. The summed E-state index contributed by atoms with van der Waals surface area (Å²) in [6.45, 7) is 1.94. The normalized spacial score (nSPS) is 21.0. The number of carbonyl (C=O) groups excluding carboxylic acids is 2. The summed E-state index contributed by atoms with van der Waals surface area (Å²) in [5.41, 5.74) is 3.01. The molecule has 7 heteroatoms. The lowest BCUT2D eigenvalue weighted by atomic mass is 9.80. The van der Waals surface area contributed by atoms with E-state index in [0.29, 0.717) is 17.9 Å². The Kier molecular flexibility index (Phi) is 3.65. The van der Waals surface area contributed by atoms with Crippen LogP contribution in [0.5, 0.6) is 0 Å². The number of hydrogen-bond donors (Lipinski definition) is 0.